The molecule has 0 bridgehead atoms. The number of oxime groups is 1. The molecule has 0 saturated heterocycles. The number of nitrogens with one attached hydrogen (secondary N) is 1. The van der Waals surface area contributed by atoms with Gasteiger partial charge < -0.3 is 4.84 Å². The van der Waals surface area contributed by atoms with E-state index in [1.165, 1.54) is 42.4 Å². The Labute approximate surface area is 181 Å². The van der Waals surface area contributed by atoms with Gasteiger partial charge in [-0.15, -0.1) is 0 Å². The molecule has 2 aliphatic rings. The minimum Gasteiger partial charge on any atom is -0.342 e. The van der Waals surface area contributed by atoms with Crippen molar-refractivity contribution in [2.24, 2.45) is 5.16 Å². The smallest absolute Gasteiger partial charge is 0.221 e. The lowest BCUT2D eigenvalue weighted by molar-refractivity contribution is 0.321. The number of rotatable bonds is 5. The van der Waals surface area contributed by atoms with E-state index >= 15 is 0 Å². The molecule has 0 aliphatic heterocycles. The van der Waals surface area contributed by atoms with Crippen LogP contribution < -0.4 is 0 Å². The third-order valence-corrected chi connectivity index (χ3v) is 7.51. The molecule has 0 heterocycles. The van der Waals surface area contributed by atoms with Crippen LogP contribution in [0.3, 0.4) is 0 Å². The van der Waals surface area contributed by atoms with Crippen molar-refractivity contribution >= 4 is 12.6 Å². The van der Waals surface area contributed by atoms with E-state index in [-0.39, 0.29) is 22.1 Å². The lowest BCUT2D eigenvalue weighted by Crippen LogP contribution is -2.34. The van der Waals surface area contributed by atoms with Crippen LogP contribution in [0.1, 0.15) is 86.8 Å². The fourth-order valence-corrected chi connectivity index (χ4v) is 5.31. The van der Waals surface area contributed by atoms with Gasteiger partial charge in [0.05, 0.1) is 6.42 Å². The van der Waals surface area contributed by atoms with Gasteiger partial charge in [0, 0.05) is 12.1 Å². The second-order valence-electron chi connectivity index (χ2n) is 10.6. The highest BCUT2D eigenvalue weighted by atomic mass is 16.6. The molecule has 1 saturated carbocycles. The Balaban J connectivity index is 1.71. The van der Waals surface area contributed by atoms with Crippen LogP contribution in [-0.4, -0.2) is 12.6 Å². The Hall–Kier alpha value is -2.42. The van der Waals surface area contributed by atoms with Crippen LogP contribution in [0.15, 0.2) is 41.6 Å². The molecular formula is C27H34N2O. The first kappa shape index (κ1) is 20.8. The van der Waals surface area contributed by atoms with Crippen molar-refractivity contribution in [3.63, 3.8) is 0 Å². The van der Waals surface area contributed by atoms with E-state index in [1.54, 1.807) is 11.1 Å². The Morgan fingerprint density at radius 3 is 2.03 bits per heavy atom. The van der Waals surface area contributed by atoms with E-state index in [0.29, 0.717) is 6.42 Å². The number of hydrogen-bond donors (Lipinski definition) is 1. The first-order chi connectivity index (χ1) is 14.1. The van der Waals surface area contributed by atoms with Crippen molar-refractivity contribution in [3.05, 3.63) is 69.8 Å². The van der Waals surface area contributed by atoms with Crippen molar-refractivity contribution in [3.8, 4) is 0 Å². The van der Waals surface area contributed by atoms with E-state index in [0.717, 1.165) is 5.56 Å². The third-order valence-electron chi connectivity index (χ3n) is 7.51. The summed E-state index contributed by atoms with van der Waals surface area (Å²) in [6.07, 6.45) is 5.33. The van der Waals surface area contributed by atoms with Gasteiger partial charge in [-0.1, -0.05) is 69.2 Å². The molecule has 0 atom stereocenters. The second kappa shape index (κ2) is 7.08. The van der Waals surface area contributed by atoms with Crippen LogP contribution in [0.4, 0.5) is 0 Å². The minimum atomic E-state index is 0.120. The summed E-state index contributed by atoms with van der Waals surface area (Å²) in [5.41, 5.74) is 9.09. The van der Waals surface area contributed by atoms with Gasteiger partial charge in [-0.05, 0) is 76.8 Å². The molecule has 4 rings (SSSR count). The van der Waals surface area contributed by atoms with Crippen LogP contribution in [0, 0.1) is 12.3 Å². The van der Waals surface area contributed by atoms with Gasteiger partial charge in [-0.2, -0.15) is 0 Å². The van der Waals surface area contributed by atoms with Crippen LogP contribution in [-0.2, 0) is 27.5 Å². The van der Waals surface area contributed by atoms with E-state index in [4.69, 9.17) is 10.2 Å². The molecule has 2 aliphatic carbocycles. The van der Waals surface area contributed by atoms with E-state index in [9.17, 15) is 0 Å². The average molecular weight is 403 g/mol. The molecule has 2 aromatic rings. The van der Waals surface area contributed by atoms with Gasteiger partial charge in [0.1, 0.15) is 0 Å². The van der Waals surface area contributed by atoms with Crippen LogP contribution >= 0.6 is 0 Å². The highest BCUT2D eigenvalue weighted by Gasteiger charge is 2.48. The summed E-state index contributed by atoms with van der Waals surface area (Å²) in [4.78, 5) is 4.83. The zero-order chi connectivity index (χ0) is 21.7. The summed E-state index contributed by atoms with van der Waals surface area (Å²) >= 11 is 0. The molecule has 0 unspecified atom stereocenters. The molecular weight excluding hydrogens is 368 g/mol. The lowest BCUT2D eigenvalue weighted by Gasteiger charge is -2.43. The highest BCUT2D eigenvalue weighted by molar-refractivity contribution is 5.75. The van der Waals surface area contributed by atoms with Gasteiger partial charge >= 0.3 is 0 Å². The van der Waals surface area contributed by atoms with Gasteiger partial charge in [-0.3, -0.25) is 5.41 Å². The molecule has 0 spiro atoms. The third kappa shape index (κ3) is 3.49. The molecule has 1 fully saturated rings. The quantitative estimate of drug-likeness (QED) is 0.343. The average Bonchev–Trinajstić information content (AvgIpc) is 3.48. The van der Waals surface area contributed by atoms with Gasteiger partial charge in [-0.25, -0.2) is 0 Å². The summed E-state index contributed by atoms with van der Waals surface area (Å²) in [6, 6.07) is 13.8. The molecule has 30 heavy (non-hydrogen) atoms. The molecule has 2 aromatic carbocycles. The summed E-state index contributed by atoms with van der Waals surface area (Å²) in [7, 11) is 0. The summed E-state index contributed by atoms with van der Waals surface area (Å²) in [6.45, 7) is 15.2. The van der Waals surface area contributed by atoms with Crippen molar-refractivity contribution in [2.45, 2.75) is 83.0 Å². The van der Waals surface area contributed by atoms with Crippen molar-refractivity contribution in [1.82, 2.24) is 0 Å². The Bertz CT molecular complexity index is 994. The molecule has 3 nitrogen and oxygen atoms in total. The topological polar surface area (TPSA) is 45.4 Å². The number of aryl methyl sites for hydroxylation is 1. The second-order valence-corrected chi connectivity index (χ2v) is 10.6. The molecule has 158 valence electrons. The Kier molecular flexibility index (Phi) is 4.91. The SMILES string of the molecule is C=NOC(=N)Cc1ccc(C2(c3cc4c(cc3C)C(C)(C)CCC4(C)C)CC2)cc1. The molecule has 0 radical (unpaired) electrons. The number of hydrogen-bond acceptors (Lipinski definition) is 3. The zero-order valence-electron chi connectivity index (χ0n) is 19.1. The predicted octanol–water partition coefficient (Wildman–Crippen LogP) is 6.58. The van der Waals surface area contributed by atoms with E-state index in [2.05, 4.69) is 82.9 Å². The van der Waals surface area contributed by atoms with E-state index < -0.39 is 0 Å². The van der Waals surface area contributed by atoms with Gasteiger partial charge in [0.25, 0.3) is 0 Å². The summed E-state index contributed by atoms with van der Waals surface area (Å²) in [5.74, 6) is 0.120. The molecule has 0 amide bonds. The van der Waals surface area contributed by atoms with Crippen molar-refractivity contribution in [1.29, 1.82) is 5.41 Å². The molecule has 3 heteroatoms. The van der Waals surface area contributed by atoms with Gasteiger partial charge in [0.2, 0.25) is 5.90 Å². The lowest BCUT2D eigenvalue weighted by atomic mass is 9.62. The summed E-state index contributed by atoms with van der Waals surface area (Å²) < 4.78 is 0. The molecule has 0 aromatic heterocycles. The zero-order valence-corrected chi connectivity index (χ0v) is 19.1. The predicted molar refractivity (Wildman–Crippen MR) is 125 cm³/mol. The Morgan fingerprint density at radius 2 is 1.50 bits per heavy atom. The first-order valence-corrected chi connectivity index (χ1v) is 11.1. The van der Waals surface area contributed by atoms with E-state index in [1.807, 2.05) is 0 Å². The summed E-state index contributed by atoms with van der Waals surface area (Å²) in [5, 5.41) is 11.1. The van der Waals surface area contributed by atoms with Crippen molar-refractivity contribution < 1.29 is 4.84 Å². The van der Waals surface area contributed by atoms with Crippen LogP contribution in [0.25, 0.3) is 0 Å². The largest absolute Gasteiger partial charge is 0.342 e. The number of fused-ring (bicyclic) bond motifs is 1. The minimum absolute atomic E-state index is 0.120. The first-order valence-electron chi connectivity index (χ1n) is 11.1. The normalized spacial score (nSPS) is 20.2. The van der Waals surface area contributed by atoms with Crippen molar-refractivity contribution in [2.75, 3.05) is 0 Å². The Morgan fingerprint density at radius 1 is 0.933 bits per heavy atom. The monoisotopic (exact) mass is 402 g/mol. The van der Waals surface area contributed by atoms with Gasteiger partial charge in [0.15, 0.2) is 0 Å². The fraction of sp³-hybridized carbons (Fsp3) is 0.481. The maximum atomic E-state index is 7.78. The maximum absolute atomic E-state index is 7.78. The number of nitrogens with zero attached hydrogens (tertiary/aromatic N) is 1. The van der Waals surface area contributed by atoms with Crippen LogP contribution in [0.2, 0.25) is 0 Å². The molecule has 1 N–H and O–H groups in total. The standard InChI is InChI=1S/C27H34N2O/c1-18-15-22-23(26(4,5)12-11-25(22,2)3)17-21(18)27(13-14-27)20-9-7-19(8-10-20)16-24(28)30-29-6/h7-10,15,17,28H,6,11-14,16H2,1-5H3. The fourth-order valence-electron chi connectivity index (χ4n) is 5.31. The van der Waals surface area contributed by atoms with Crippen LogP contribution in [0.5, 0.6) is 0 Å². The highest BCUT2D eigenvalue weighted by Crippen LogP contribution is 2.56. The number of benzene rings is 2. The maximum Gasteiger partial charge on any atom is 0.221 e.